The van der Waals surface area contributed by atoms with Crippen molar-refractivity contribution >= 4 is 10.0 Å². The van der Waals surface area contributed by atoms with Crippen LogP contribution in [0.5, 0.6) is 0 Å². The van der Waals surface area contributed by atoms with Crippen LogP contribution in [0.1, 0.15) is 5.56 Å². The minimum absolute atomic E-state index is 0.131. The van der Waals surface area contributed by atoms with Crippen molar-refractivity contribution in [3.8, 4) is 22.4 Å². The first kappa shape index (κ1) is 14.5. The average molecular weight is 314 g/mol. The molecule has 0 fully saturated rings. The van der Waals surface area contributed by atoms with Crippen LogP contribution in [0.15, 0.2) is 64.2 Å². The number of nitrogens with zero attached hydrogens (tertiary/aromatic N) is 1. The molecule has 0 aliphatic rings. The molecule has 0 radical (unpaired) electrons. The molecule has 2 aromatic carbocycles. The number of hydrogen-bond acceptors (Lipinski definition) is 4. The normalized spacial score (nSPS) is 11.5. The summed E-state index contributed by atoms with van der Waals surface area (Å²) in [4.78, 5) is 0.131. The Bertz CT molecular complexity index is 902. The summed E-state index contributed by atoms with van der Waals surface area (Å²) in [5, 5.41) is 9.30. The Kier molecular flexibility index (Phi) is 3.56. The van der Waals surface area contributed by atoms with E-state index in [1.807, 2.05) is 30.3 Å². The van der Waals surface area contributed by atoms with Crippen LogP contribution < -0.4 is 5.14 Å². The zero-order chi connectivity index (χ0) is 15.7. The molecule has 5 nitrogen and oxygen atoms in total. The summed E-state index contributed by atoms with van der Waals surface area (Å²) in [7, 11) is -3.84. The molecule has 0 unspecified atom stereocenters. The fourth-order valence-electron chi connectivity index (χ4n) is 2.49. The molecule has 2 N–H and O–H groups in total. The van der Waals surface area contributed by atoms with Gasteiger partial charge in [-0.25, -0.2) is 13.6 Å². The third-order valence-corrected chi connectivity index (χ3v) is 4.49. The average Bonchev–Trinajstić information content (AvgIpc) is 3.00. The van der Waals surface area contributed by atoms with Gasteiger partial charge < -0.3 is 4.52 Å². The second-order valence-corrected chi connectivity index (χ2v) is 6.46. The molecule has 0 saturated carbocycles. The van der Waals surface area contributed by atoms with E-state index in [-0.39, 0.29) is 4.90 Å². The Balaban J connectivity index is 2.33. The maximum absolute atomic E-state index is 12.0. The molecule has 0 bridgehead atoms. The summed E-state index contributed by atoms with van der Waals surface area (Å²) in [6, 6.07) is 14.5. The van der Waals surface area contributed by atoms with E-state index in [2.05, 4.69) is 5.16 Å². The predicted molar refractivity (Wildman–Crippen MR) is 83.5 cm³/mol. The summed E-state index contributed by atoms with van der Waals surface area (Å²) in [6.45, 7) is 1.72. The molecule has 3 aromatic rings. The van der Waals surface area contributed by atoms with Crippen LogP contribution in [0.2, 0.25) is 0 Å². The van der Waals surface area contributed by atoms with Gasteiger partial charge in [0.25, 0.3) is 0 Å². The van der Waals surface area contributed by atoms with Gasteiger partial charge in [-0.3, -0.25) is 0 Å². The van der Waals surface area contributed by atoms with Gasteiger partial charge in [-0.2, -0.15) is 0 Å². The smallest absolute Gasteiger partial charge is 0.238 e. The van der Waals surface area contributed by atoms with Gasteiger partial charge >= 0.3 is 0 Å². The summed E-state index contributed by atoms with van der Waals surface area (Å²) in [6.07, 6.45) is 1.47. The Morgan fingerprint density at radius 3 is 2.36 bits per heavy atom. The molecular formula is C16H14N2O3S. The number of sulfonamides is 1. The first-order valence-electron chi connectivity index (χ1n) is 6.60. The molecule has 0 atom stereocenters. The van der Waals surface area contributed by atoms with Crippen molar-refractivity contribution in [2.45, 2.75) is 11.8 Å². The maximum atomic E-state index is 12.0. The van der Waals surface area contributed by atoms with E-state index in [0.717, 1.165) is 11.1 Å². The molecule has 0 aliphatic heterocycles. The van der Waals surface area contributed by atoms with Crippen LogP contribution in [0.4, 0.5) is 0 Å². The van der Waals surface area contributed by atoms with Gasteiger partial charge in [0.2, 0.25) is 10.0 Å². The van der Waals surface area contributed by atoms with Gasteiger partial charge in [-0.1, -0.05) is 35.5 Å². The lowest BCUT2D eigenvalue weighted by Gasteiger charge is -2.13. The number of aromatic nitrogens is 1. The topological polar surface area (TPSA) is 86.2 Å². The van der Waals surface area contributed by atoms with E-state index < -0.39 is 10.0 Å². The highest BCUT2D eigenvalue weighted by Gasteiger charge is 2.20. The zero-order valence-corrected chi connectivity index (χ0v) is 12.7. The SMILES string of the molecule is Cc1cc(-c2ccon2)cc(-c2ccccc2)c1S(N)(=O)=O. The quantitative estimate of drug-likeness (QED) is 0.805. The lowest BCUT2D eigenvalue weighted by atomic mass is 9.99. The molecular weight excluding hydrogens is 300 g/mol. The van der Waals surface area contributed by atoms with Gasteiger partial charge in [0.1, 0.15) is 12.0 Å². The van der Waals surface area contributed by atoms with Gasteiger partial charge in [-0.15, -0.1) is 0 Å². The van der Waals surface area contributed by atoms with Crippen molar-refractivity contribution in [2.75, 3.05) is 0 Å². The summed E-state index contributed by atoms with van der Waals surface area (Å²) < 4.78 is 28.8. The van der Waals surface area contributed by atoms with Gasteiger partial charge in [0.15, 0.2) is 0 Å². The molecule has 1 heterocycles. The van der Waals surface area contributed by atoms with E-state index in [9.17, 15) is 8.42 Å². The molecule has 0 amide bonds. The second kappa shape index (κ2) is 5.40. The van der Waals surface area contributed by atoms with E-state index in [1.54, 1.807) is 25.1 Å². The van der Waals surface area contributed by atoms with Gasteiger partial charge in [0.05, 0.1) is 4.90 Å². The highest BCUT2D eigenvalue weighted by atomic mass is 32.2. The van der Waals surface area contributed by atoms with Crippen molar-refractivity contribution in [1.82, 2.24) is 5.16 Å². The Hall–Kier alpha value is -2.44. The van der Waals surface area contributed by atoms with Crippen LogP contribution in [-0.4, -0.2) is 13.6 Å². The van der Waals surface area contributed by atoms with E-state index in [1.165, 1.54) is 6.26 Å². The van der Waals surface area contributed by atoms with E-state index >= 15 is 0 Å². The Labute approximate surface area is 128 Å². The molecule has 22 heavy (non-hydrogen) atoms. The second-order valence-electron chi connectivity index (χ2n) is 4.97. The summed E-state index contributed by atoms with van der Waals surface area (Å²) in [5.41, 5.74) is 3.32. The number of primary sulfonamides is 1. The van der Waals surface area contributed by atoms with Crippen molar-refractivity contribution in [3.63, 3.8) is 0 Å². The molecule has 1 aromatic heterocycles. The van der Waals surface area contributed by atoms with Crippen molar-refractivity contribution in [2.24, 2.45) is 5.14 Å². The van der Waals surface area contributed by atoms with Crippen LogP contribution in [0.25, 0.3) is 22.4 Å². The fourth-order valence-corrected chi connectivity index (χ4v) is 3.48. The molecule has 0 aliphatic carbocycles. The van der Waals surface area contributed by atoms with Crippen molar-refractivity contribution in [3.05, 3.63) is 60.4 Å². The molecule has 3 rings (SSSR count). The fraction of sp³-hybridized carbons (Fsp3) is 0.0625. The molecule has 0 saturated heterocycles. The lowest BCUT2D eigenvalue weighted by molar-refractivity contribution is 0.422. The molecule has 112 valence electrons. The van der Waals surface area contributed by atoms with Crippen molar-refractivity contribution < 1.29 is 12.9 Å². The highest BCUT2D eigenvalue weighted by Crippen LogP contribution is 2.33. The Morgan fingerprint density at radius 2 is 1.77 bits per heavy atom. The number of rotatable bonds is 3. The Morgan fingerprint density at radius 1 is 1.05 bits per heavy atom. The van der Waals surface area contributed by atoms with Crippen LogP contribution in [0.3, 0.4) is 0 Å². The summed E-state index contributed by atoms with van der Waals surface area (Å²) in [5.74, 6) is 0. The summed E-state index contributed by atoms with van der Waals surface area (Å²) >= 11 is 0. The lowest BCUT2D eigenvalue weighted by Crippen LogP contribution is -2.15. The van der Waals surface area contributed by atoms with E-state index in [0.29, 0.717) is 16.8 Å². The number of benzene rings is 2. The third-order valence-electron chi connectivity index (χ3n) is 3.38. The van der Waals surface area contributed by atoms with Gasteiger partial charge in [0, 0.05) is 17.2 Å². The maximum Gasteiger partial charge on any atom is 0.238 e. The molecule has 0 spiro atoms. The largest absolute Gasteiger partial charge is 0.364 e. The van der Waals surface area contributed by atoms with Gasteiger partial charge in [-0.05, 0) is 30.2 Å². The van der Waals surface area contributed by atoms with Crippen molar-refractivity contribution in [1.29, 1.82) is 0 Å². The number of nitrogens with two attached hydrogens (primary N) is 1. The number of aryl methyl sites for hydroxylation is 1. The third kappa shape index (κ3) is 2.66. The first-order chi connectivity index (χ1) is 10.5. The molecule has 6 heteroatoms. The predicted octanol–water partition coefficient (Wildman–Crippen LogP) is 2.96. The van der Waals surface area contributed by atoms with Crippen LogP contribution in [0, 0.1) is 6.92 Å². The van der Waals surface area contributed by atoms with Crippen LogP contribution in [-0.2, 0) is 10.0 Å². The van der Waals surface area contributed by atoms with E-state index in [4.69, 9.17) is 9.66 Å². The standard InChI is InChI=1S/C16H14N2O3S/c1-11-9-13(15-7-8-21-18-15)10-14(16(11)22(17,19)20)12-5-3-2-4-6-12/h2-10H,1H3,(H2,17,19,20). The highest BCUT2D eigenvalue weighted by molar-refractivity contribution is 7.89. The first-order valence-corrected chi connectivity index (χ1v) is 8.15. The zero-order valence-electron chi connectivity index (χ0n) is 11.9. The number of hydrogen-bond donors (Lipinski definition) is 1. The monoisotopic (exact) mass is 314 g/mol. The minimum Gasteiger partial charge on any atom is -0.364 e. The van der Waals surface area contributed by atoms with Crippen LogP contribution >= 0.6 is 0 Å². The minimum atomic E-state index is -3.84.